The molecule has 1 atom stereocenters. The Bertz CT molecular complexity index is 179. The summed E-state index contributed by atoms with van der Waals surface area (Å²) in [5.41, 5.74) is 0. The molecule has 1 aliphatic rings. The van der Waals surface area contributed by atoms with Crippen molar-refractivity contribution in [2.45, 2.75) is 11.8 Å². The summed E-state index contributed by atoms with van der Waals surface area (Å²) in [5, 5.41) is 3.25. The van der Waals surface area contributed by atoms with Crippen molar-refractivity contribution in [3.63, 3.8) is 0 Å². The van der Waals surface area contributed by atoms with Gasteiger partial charge in [-0.1, -0.05) is 13.0 Å². The first-order chi connectivity index (χ1) is 5.33. The summed E-state index contributed by atoms with van der Waals surface area (Å²) in [5.74, 6) is 1.67. The Kier molecular flexibility index (Phi) is 3.34. The minimum atomic E-state index is -0.0644. The molecule has 0 aromatic rings. The molecule has 62 valence electrons. The average molecular weight is 190 g/mol. The lowest BCUT2D eigenvalue weighted by Crippen LogP contribution is -2.40. The zero-order valence-corrected chi connectivity index (χ0v) is 8.08. The summed E-state index contributed by atoms with van der Waals surface area (Å²) >= 11 is 7.67. The highest BCUT2D eigenvalue weighted by atomic mass is 35.5. The molecule has 0 fully saturated rings. The number of thioether (sulfide) groups is 1. The van der Waals surface area contributed by atoms with Crippen LogP contribution < -0.4 is 5.32 Å². The van der Waals surface area contributed by atoms with Crippen LogP contribution in [0.15, 0.2) is 24.4 Å². The van der Waals surface area contributed by atoms with Crippen LogP contribution in [0, 0.1) is 0 Å². The quantitative estimate of drug-likeness (QED) is 0.685. The molecule has 0 radical (unpaired) electrons. The Morgan fingerprint density at radius 3 is 2.82 bits per heavy atom. The van der Waals surface area contributed by atoms with E-state index in [2.05, 4.69) is 18.3 Å². The van der Waals surface area contributed by atoms with Crippen LogP contribution in [0.5, 0.6) is 0 Å². The summed E-state index contributed by atoms with van der Waals surface area (Å²) in [6.07, 6.45) is 8.04. The molecule has 0 aliphatic carbocycles. The average Bonchev–Trinajstić information content (AvgIpc) is 2.07. The normalized spacial score (nSPS) is 28.5. The number of dihydropyridines is 1. The molecule has 1 nitrogen and oxygen atoms in total. The summed E-state index contributed by atoms with van der Waals surface area (Å²) in [6, 6.07) is 0. The number of rotatable bonds is 3. The number of hydrogen-bond acceptors (Lipinski definition) is 2. The maximum absolute atomic E-state index is 5.85. The van der Waals surface area contributed by atoms with Gasteiger partial charge in [-0.25, -0.2) is 0 Å². The van der Waals surface area contributed by atoms with Gasteiger partial charge in [0.05, 0.1) is 5.88 Å². The van der Waals surface area contributed by atoms with Crippen LogP contribution in [0.3, 0.4) is 0 Å². The molecular formula is C8H12ClNS. The molecule has 1 heterocycles. The molecule has 0 bridgehead atoms. The topological polar surface area (TPSA) is 12.0 Å². The van der Waals surface area contributed by atoms with Gasteiger partial charge < -0.3 is 5.32 Å². The van der Waals surface area contributed by atoms with Crippen molar-refractivity contribution in [2.75, 3.05) is 11.6 Å². The standard InChI is InChI=1S/C8H12ClNS/c1-2-11-8(7-9)5-3-4-6-10-8/h3-6,10H,2,7H2,1H3. The number of halogens is 1. The molecule has 0 spiro atoms. The zero-order chi connectivity index (χ0) is 8.16. The van der Waals surface area contributed by atoms with E-state index in [0.29, 0.717) is 5.88 Å². The third kappa shape index (κ3) is 2.17. The van der Waals surface area contributed by atoms with Crippen molar-refractivity contribution >= 4 is 23.4 Å². The lowest BCUT2D eigenvalue weighted by molar-refractivity contribution is 0.706. The first-order valence-corrected chi connectivity index (χ1v) is 5.17. The van der Waals surface area contributed by atoms with Crippen LogP contribution in [0.2, 0.25) is 0 Å². The molecule has 1 N–H and O–H groups in total. The number of nitrogens with one attached hydrogen (secondary N) is 1. The van der Waals surface area contributed by atoms with Gasteiger partial charge in [0.1, 0.15) is 4.87 Å². The van der Waals surface area contributed by atoms with E-state index in [1.54, 1.807) is 0 Å². The molecule has 1 aliphatic heterocycles. The summed E-state index contributed by atoms with van der Waals surface area (Å²) in [4.78, 5) is -0.0644. The molecule has 0 saturated heterocycles. The first-order valence-electron chi connectivity index (χ1n) is 3.65. The van der Waals surface area contributed by atoms with Crippen LogP contribution in [-0.2, 0) is 0 Å². The van der Waals surface area contributed by atoms with Gasteiger partial charge in [0.15, 0.2) is 0 Å². The van der Waals surface area contributed by atoms with E-state index in [1.165, 1.54) is 0 Å². The van der Waals surface area contributed by atoms with Gasteiger partial charge in [-0.2, -0.15) is 0 Å². The molecule has 11 heavy (non-hydrogen) atoms. The summed E-state index contributed by atoms with van der Waals surface area (Å²) in [6.45, 7) is 2.13. The molecule has 1 unspecified atom stereocenters. The molecule has 0 aromatic carbocycles. The third-order valence-corrected chi connectivity index (χ3v) is 3.28. The Morgan fingerprint density at radius 1 is 1.55 bits per heavy atom. The zero-order valence-electron chi connectivity index (χ0n) is 6.51. The molecule has 3 heteroatoms. The van der Waals surface area contributed by atoms with E-state index in [9.17, 15) is 0 Å². The van der Waals surface area contributed by atoms with Gasteiger partial charge in [-0.3, -0.25) is 0 Å². The molecule has 0 aromatic heterocycles. The van der Waals surface area contributed by atoms with Gasteiger partial charge in [0.2, 0.25) is 0 Å². The third-order valence-electron chi connectivity index (χ3n) is 1.50. The van der Waals surface area contributed by atoms with Gasteiger partial charge in [-0.15, -0.1) is 23.4 Å². The van der Waals surface area contributed by atoms with Crippen LogP contribution in [0.25, 0.3) is 0 Å². The molecule has 1 rings (SSSR count). The van der Waals surface area contributed by atoms with E-state index in [0.717, 1.165) is 5.75 Å². The highest BCUT2D eigenvalue weighted by molar-refractivity contribution is 8.00. The lowest BCUT2D eigenvalue weighted by Gasteiger charge is -2.29. The highest BCUT2D eigenvalue weighted by Gasteiger charge is 2.24. The predicted molar refractivity (Wildman–Crippen MR) is 53.0 cm³/mol. The van der Waals surface area contributed by atoms with Gasteiger partial charge in [0, 0.05) is 0 Å². The van der Waals surface area contributed by atoms with Crippen LogP contribution >= 0.6 is 23.4 Å². The first kappa shape index (κ1) is 9.01. The lowest BCUT2D eigenvalue weighted by atomic mass is 10.2. The fourth-order valence-corrected chi connectivity index (χ4v) is 2.29. The van der Waals surface area contributed by atoms with Gasteiger partial charge in [-0.05, 0) is 24.1 Å². The van der Waals surface area contributed by atoms with Gasteiger partial charge >= 0.3 is 0 Å². The second-order valence-corrected chi connectivity index (χ2v) is 4.18. The second-order valence-electron chi connectivity index (χ2n) is 2.32. The van der Waals surface area contributed by atoms with Crippen LogP contribution in [0.1, 0.15) is 6.92 Å². The van der Waals surface area contributed by atoms with E-state index in [1.807, 2.05) is 30.1 Å². The summed E-state index contributed by atoms with van der Waals surface area (Å²) < 4.78 is 0. The Hall–Kier alpha value is -0.0800. The fraction of sp³-hybridized carbons (Fsp3) is 0.500. The molecule has 0 amide bonds. The van der Waals surface area contributed by atoms with Crippen molar-refractivity contribution in [3.8, 4) is 0 Å². The number of alkyl halides is 1. The summed E-state index contributed by atoms with van der Waals surface area (Å²) in [7, 11) is 0. The van der Waals surface area contributed by atoms with E-state index < -0.39 is 0 Å². The van der Waals surface area contributed by atoms with Crippen molar-refractivity contribution in [1.82, 2.24) is 5.32 Å². The number of hydrogen-bond donors (Lipinski definition) is 1. The molecule has 0 saturated carbocycles. The number of allylic oxidation sites excluding steroid dienone is 2. The van der Waals surface area contributed by atoms with E-state index in [4.69, 9.17) is 11.6 Å². The maximum atomic E-state index is 5.85. The SMILES string of the molecule is CCSC1(CCl)C=CC=CN1. The van der Waals surface area contributed by atoms with Crippen molar-refractivity contribution in [3.05, 3.63) is 24.4 Å². The minimum Gasteiger partial charge on any atom is -0.373 e. The Labute approximate surface area is 76.9 Å². The Balaban J connectivity index is 2.60. The highest BCUT2D eigenvalue weighted by Crippen LogP contribution is 2.26. The molecular weight excluding hydrogens is 178 g/mol. The second kappa shape index (κ2) is 4.07. The smallest absolute Gasteiger partial charge is 0.116 e. The Morgan fingerprint density at radius 2 is 2.36 bits per heavy atom. The largest absolute Gasteiger partial charge is 0.373 e. The van der Waals surface area contributed by atoms with E-state index in [-0.39, 0.29) is 4.87 Å². The van der Waals surface area contributed by atoms with Crippen LogP contribution in [-0.4, -0.2) is 16.5 Å². The fourth-order valence-electron chi connectivity index (χ4n) is 0.973. The maximum Gasteiger partial charge on any atom is 0.116 e. The van der Waals surface area contributed by atoms with Gasteiger partial charge in [0.25, 0.3) is 0 Å². The van der Waals surface area contributed by atoms with Crippen molar-refractivity contribution in [1.29, 1.82) is 0 Å². The predicted octanol–water partition coefficient (Wildman–Crippen LogP) is 2.35. The van der Waals surface area contributed by atoms with Crippen molar-refractivity contribution < 1.29 is 0 Å². The van der Waals surface area contributed by atoms with Crippen LogP contribution in [0.4, 0.5) is 0 Å². The monoisotopic (exact) mass is 189 g/mol. The minimum absolute atomic E-state index is 0.0644. The van der Waals surface area contributed by atoms with E-state index >= 15 is 0 Å². The van der Waals surface area contributed by atoms with Crippen molar-refractivity contribution in [2.24, 2.45) is 0 Å².